The van der Waals surface area contributed by atoms with Crippen LogP contribution in [0.25, 0.3) is 22.4 Å². The van der Waals surface area contributed by atoms with Crippen LogP contribution in [0, 0.1) is 6.92 Å². The van der Waals surface area contributed by atoms with Gasteiger partial charge in [0.05, 0.1) is 11.1 Å². The van der Waals surface area contributed by atoms with Crippen LogP contribution in [0.4, 0.5) is 5.82 Å². The Balaban J connectivity index is 1.76. The highest BCUT2D eigenvalue weighted by Gasteiger charge is 2.21. The van der Waals surface area contributed by atoms with E-state index in [1.807, 2.05) is 0 Å². The molecule has 0 unspecified atom stereocenters. The molecule has 0 aliphatic heterocycles. The summed E-state index contributed by atoms with van der Waals surface area (Å²) in [5.41, 5.74) is 13.1. The first-order chi connectivity index (χ1) is 15.7. The predicted octanol–water partition coefficient (Wildman–Crippen LogP) is 0.688. The first kappa shape index (κ1) is 22.0. The average molecular weight is 445 g/mol. The number of nitrogens with zero attached hydrogens (tertiary/aromatic N) is 2. The fourth-order valence-electron chi connectivity index (χ4n) is 3.54. The van der Waals surface area contributed by atoms with Crippen molar-refractivity contribution >= 4 is 41.2 Å². The zero-order chi connectivity index (χ0) is 23.7. The molecular formula is C22H20BN5O5. The van der Waals surface area contributed by atoms with Gasteiger partial charge in [-0.05, 0) is 24.0 Å². The Morgan fingerprint density at radius 3 is 2.52 bits per heavy atom. The van der Waals surface area contributed by atoms with Crippen molar-refractivity contribution in [2.75, 3.05) is 5.32 Å². The molecule has 0 bridgehead atoms. The van der Waals surface area contributed by atoms with Crippen molar-refractivity contribution in [3.05, 3.63) is 71.1 Å². The minimum atomic E-state index is -1.58. The molecule has 4 rings (SSSR count). The summed E-state index contributed by atoms with van der Waals surface area (Å²) >= 11 is 0. The smallest absolute Gasteiger partial charge is 0.460 e. The normalized spacial score (nSPS) is 10.9. The molecule has 0 atom stereocenters. The van der Waals surface area contributed by atoms with Gasteiger partial charge in [0.2, 0.25) is 0 Å². The van der Waals surface area contributed by atoms with Crippen LogP contribution in [0.1, 0.15) is 32.2 Å². The van der Waals surface area contributed by atoms with Gasteiger partial charge in [0.15, 0.2) is 5.82 Å². The number of amides is 2. The largest absolute Gasteiger partial charge is 0.488 e. The summed E-state index contributed by atoms with van der Waals surface area (Å²) in [5.74, 6) is -0.425. The van der Waals surface area contributed by atoms with Crippen molar-refractivity contribution in [1.82, 2.24) is 9.97 Å². The van der Waals surface area contributed by atoms with Crippen LogP contribution in [-0.4, -0.2) is 38.9 Å². The first-order valence-corrected chi connectivity index (χ1v) is 9.94. The van der Waals surface area contributed by atoms with Gasteiger partial charge in [-0.25, -0.2) is 9.97 Å². The molecule has 33 heavy (non-hydrogen) atoms. The molecule has 0 saturated heterocycles. The van der Waals surface area contributed by atoms with Crippen molar-refractivity contribution in [1.29, 1.82) is 0 Å². The number of aromatic nitrogens is 2. The zero-order valence-corrected chi connectivity index (χ0v) is 17.6. The first-order valence-electron chi connectivity index (χ1n) is 9.94. The maximum absolute atomic E-state index is 11.9. The molecule has 2 heterocycles. The maximum atomic E-state index is 11.9. The number of hydrogen-bond acceptors (Lipinski definition) is 8. The fraction of sp³-hybridized carbons (Fsp3) is 0.0909. The fourth-order valence-corrected chi connectivity index (χ4v) is 3.54. The van der Waals surface area contributed by atoms with Crippen molar-refractivity contribution < 1.29 is 24.1 Å². The van der Waals surface area contributed by atoms with Gasteiger partial charge >= 0.3 is 7.12 Å². The Morgan fingerprint density at radius 2 is 1.82 bits per heavy atom. The maximum Gasteiger partial charge on any atom is 0.488 e. The van der Waals surface area contributed by atoms with E-state index < -0.39 is 18.9 Å². The molecule has 0 aliphatic rings. The van der Waals surface area contributed by atoms with Crippen LogP contribution < -0.4 is 22.2 Å². The van der Waals surface area contributed by atoms with Crippen molar-refractivity contribution in [2.45, 2.75) is 13.5 Å². The van der Waals surface area contributed by atoms with E-state index in [-0.39, 0.29) is 23.6 Å². The molecule has 2 amide bonds. The van der Waals surface area contributed by atoms with Gasteiger partial charge in [-0.3, -0.25) is 9.59 Å². The number of benzene rings is 2. The molecular weight excluding hydrogens is 425 g/mol. The third-order valence-electron chi connectivity index (χ3n) is 5.08. The number of fused-ring (bicyclic) bond motifs is 1. The topological polar surface area (TPSA) is 178 Å². The molecule has 0 spiro atoms. The number of para-hydroxylation sites is 1. The van der Waals surface area contributed by atoms with Crippen LogP contribution in [0.2, 0.25) is 0 Å². The van der Waals surface area contributed by atoms with Gasteiger partial charge in [-0.2, -0.15) is 0 Å². The number of carbonyl (C=O) groups is 2. The Hall–Kier alpha value is -4.22. The highest BCUT2D eigenvalue weighted by molar-refractivity contribution is 6.58. The third-order valence-corrected chi connectivity index (χ3v) is 5.08. The number of nitrogens with one attached hydrogen (secondary N) is 1. The molecule has 7 N–H and O–H groups in total. The molecule has 0 saturated carbocycles. The minimum Gasteiger partial charge on any atom is -0.460 e. The predicted molar refractivity (Wildman–Crippen MR) is 123 cm³/mol. The van der Waals surface area contributed by atoms with E-state index >= 15 is 0 Å². The number of anilines is 1. The highest BCUT2D eigenvalue weighted by atomic mass is 16.4. The van der Waals surface area contributed by atoms with E-state index in [4.69, 9.17) is 15.9 Å². The number of rotatable bonds is 7. The third kappa shape index (κ3) is 4.40. The second kappa shape index (κ2) is 8.73. The number of hydrogen-bond donors (Lipinski definition) is 5. The van der Waals surface area contributed by atoms with Crippen molar-refractivity contribution in [3.8, 4) is 11.4 Å². The van der Waals surface area contributed by atoms with E-state index in [9.17, 15) is 19.6 Å². The van der Waals surface area contributed by atoms with Crippen molar-refractivity contribution in [2.24, 2.45) is 11.5 Å². The Kier molecular flexibility index (Phi) is 5.82. The standard InChI is InChI=1S/C22H20BN5O5/c1-11-18(14-6-3-7-15(20(24)29)19(14)33-11)22-27-16(21(25)30)9-17(28-22)26-10-12-4-2-5-13(8-12)23(31)32/h2-9,31-32H,10H2,1H3,(H2,24,29)(H2,25,30)(H,26,27,28). The lowest BCUT2D eigenvalue weighted by atomic mass is 9.80. The monoisotopic (exact) mass is 445 g/mol. The summed E-state index contributed by atoms with van der Waals surface area (Å²) in [6.45, 7) is 1.98. The number of carbonyl (C=O) groups excluding carboxylic acids is 2. The van der Waals surface area contributed by atoms with Crippen LogP contribution in [0.3, 0.4) is 0 Å². The zero-order valence-electron chi connectivity index (χ0n) is 17.6. The van der Waals surface area contributed by atoms with Gasteiger partial charge < -0.3 is 31.2 Å². The summed E-state index contributed by atoms with van der Waals surface area (Å²) in [6, 6.07) is 13.1. The van der Waals surface area contributed by atoms with E-state index in [1.165, 1.54) is 6.07 Å². The van der Waals surface area contributed by atoms with E-state index in [0.29, 0.717) is 33.6 Å². The lowest BCUT2D eigenvalue weighted by Crippen LogP contribution is -2.30. The second-order valence-electron chi connectivity index (χ2n) is 7.38. The van der Waals surface area contributed by atoms with Gasteiger partial charge in [-0.1, -0.05) is 36.4 Å². The molecule has 2 aromatic carbocycles. The van der Waals surface area contributed by atoms with Crippen molar-refractivity contribution in [3.63, 3.8) is 0 Å². The quantitative estimate of drug-likeness (QED) is 0.258. The molecule has 4 aromatic rings. The molecule has 0 fully saturated rings. The number of primary amides is 2. The molecule has 0 aliphatic carbocycles. The molecule has 0 radical (unpaired) electrons. The summed E-state index contributed by atoms with van der Waals surface area (Å²) in [4.78, 5) is 32.5. The van der Waals surface area contributed by atoms with E-state index in [1.54, 1.807) is 49.4 Å². The van der Waals surface area contributed by atoms with E-state index in [2.05, 4.69) is 15.3 Å². The molecule has 11 heteroatoms. The van der Waals surface area contributed by atoms with Gasteiger partial charge in [0.1, 0.15) is 22.9 Å². The lowest BCUT2D eigenvalue weighted by Gasteiger charge is -2.10. The second-order valence-corrected chi connectivity index (χ2v) is 7.38. The van der Waals surface area contributed by atoms with Crippen LogP contribution in [-0.2, 0) is 6.54 Å². The van der Waals surface area contributed by atoms with Gasteiger partial charge in [-0.15, -0.1) is 0 Å². The van der Waals surface area contributed by atoms with Crippen LogP contribution in [0.15, 0.2) is 52.9 Å². The summed E-state index contributed by atoms with van der Waals surface area (Å²) in [6.07, 6.45) is 0. The van der Waals surface area contributed by atoms with Gasteiger partial charge in [0, 0.05) is 18.0 Å². The van der Waals surface area contributed by atoms with Crippen LogP contribution in [0.5, 0.6) is 0 Å². The average Bonchev–Trinajstić information content (AvgIpc) is 3.13. The number of furan rings is 1. The molecule has 166 valence electrons. The molecule has 2 aromatic heterocycles. The van der Waals surface area contributed by atoms with E-state index in [0.717, 1.165) is 5.56 Å². The van der Waals surface area contributed by atoms with Crippen LogP contribution >= 0.6 is 0 Å². The molecule has 10 nitrogen and oxygen atoms in total. The highest BCUT2D eigenvalue weighted by Crippen LogP contribution is 2.35. The Labute approximate surface area is 188 Å². The Morgan fingerprint density at radius 1 is 1.06 bits per heavy atom. The summed E-state index contributed by atoms with van der Waals surface area (Å²) in [7, 11) is -1.58. The summed E-state index contributed by atoms with van der Waals surface area (Å²) < 4.78 is 5.79. The van der Waals surface area contributed by atoms with Gasteiger partial charge in [0.25, 0.3) is 11.8 Å². The Bertz CT molecular complexity index is 1390. The minimum absolute atomic E-state index is 0.0122. The summed E-state index contributed by atoms with van der Waals surface area (Å²) in [5, 5.41) is 22.4. The lowest BCUT2D eigenvalue weighted by molar-refractivity contribution is 0.0989. The SMILES string of the molecule is Cc1oc2c(C(N)=O)cccc2c1-c1nc(NCc2cccc(B(O)O)c2)cc(C(N)=O)n1. The number of nitrogens with two attached hydrogens (primary N) is 2. The number of aryl methyl sites for hydroxylation is 1.